The minimum atomic E-state index is 0.0739. The number of rotatable bonds is 5. The summed E-state index contributed by atoms with van der Waals surface area (Å²) in [4.78, 5) is 17.8. The number of hydrogen-bond acceptors (Lipinski definition) is 4. The van der Waals surface area contributed by atoms with Crippen molar-refractivity contribution in [1.82, 2.24) is 9.80 Å². The Kier molecular flexibility index (Phi) is 6.39. The molecule has 0 spiro atoms. The highest BCUT2D eigenvalue weighted by Gasteiger charge is 2.38. The highest BCUT2D eigenvalue weighted by Crippen LogP contribution is 2.39. The van der Waals surface area contributed by atoms with Gasteiger partial charge in [0.25, 0.3) is 0 Å². The summed E-state index contributed by atoms with van der Waals surface area (Å²) in [5, 5.41) is 0. The second-order valence-corrected chi connectivity index (χ2v) is 8.80. The molecule has 3 fully saturated rings. The van der Waals surface area contributed by atoms with Crippen molar-refractivity contribution in [3.05, 3.63) is 0 Å². The summed E-state index contributed by atoms with van der Waals surface area (Å²) in [7, 11) is 0. The predicted molar refractivity (Wildman–Crippen MR) is 100 cm³/mol. The Bertz CT molecular complexity index is 440. The van der Waals surface area contributed by atoms with Crippen LogP contribution in [-0.4, -0.2) is 66.7 Å². The van der Waals surface area contributed by atoms with Crippen LogP contribution in [0.5, 0.6) is 0 Å². The third kappa shape index (κ3) is 4.75. The van der Waals surface area contributed by atoms with Crippen LogP contribution >= 0.6 is 0 Å². The Balaban J connectivity index is 1.57. The Morgan fingerprint density at radius 1 is 1.12 bits per heavy atom. The minimum Gasteiger partial charge on any atom is -0.373 e. The standard InChI is InChI=1S/C20H37N3O2/c1-16-12-22(13-17(2)25-16)14-18-7-6-10-23(18)19(24)11-20(15-21)8-4-3-5-9-20/h16-18H,3-15,21H2,1-2H3. The van der Waals surface area contributed by atoms with Crippen LogP contribution in [0.4, 0.5) is 0 Å². The molecule has 3 unspecified atom stereocenters. The first-order valence-electron chi connectivity index (χ1n) is 10.4. The van der Waals surface area contributed by atoms with Crippen LogP contribution in [0.2, 0.25) is 0 Å². The molecule has 1 saturated carbocycles. The van der Waals surface area contributed by atoms with Crippen molar-refractivity contribution < 1.29 is 9.53 Å². The van der Waals surface area contributed by atoms with E-state index in [1.54, 1.807) is 0 Å². The molecule has 2 aliphatic heterocycles. The largest absolute Gasteiger partial charge is 0.373 e. The molecule has 144 valence electrons. The van der Waals surface area contributed by atoms with E-state index in [1.165, 1.54) is 19.3 Å². The third-order valence-electron chi connectivity index (χ3n) is 6.54. The van der Waals surface area contributed by atoms with E-state index < -0.39 is 0 Å². The third-order valence-corrected chi connectivity index (χ3v) is 6.54. The van der Waals surface area contributed by atoms with Gasteiger partial charge in [-0.2, -0.15) is 0 Å². The van der Waals surface area contributed by atoms with E-state index in [4.69, 9.17) is 10.5 Å². The van der Waals surface area contributed by atoms with Gasteiger partial charge in [-0.1, -0.05) is 19.3 Å². The maximum atomic E-state index is 13.1. The zero-order chi connectivity index (χ0) is 17.9. The van der Waals surface area contributed by atoms with Crippen molar-refractivity contribution >= 4 is 5.91 Å². The van der Waals surface area contributed by atoms with Crippen LogP contribution in [0.15, 0.2) is 0 Å². The molecule has 1 aliphatic carbocycles. The Morgan fingerprint density at radius 2 is 1.80 bits per heavy atom. The summed E-state index contributed by atoms with van der Waals surface area (Å²) >= 11 is 0. The predicted octanol–water partition coefficient (Wildman–Crippen LogP) is 2.39. The molecule has 3 rings (SSSR count). The number of morpholine rings is 1. The van der Waals surface area contributed by atoms with Gasteiger partial charge in [-0.15, -0.1) is 0 Å². The summed E-state index contributed by atoms with van der Waals surface area (Å²) in [5.41, 5.74) is 6.18. The molecule has 0 radical (unpaired) electrons. The maximum Gasteiger partial charge on any atom is 0.223 e. The normalized spacial score (nSPS) is 33.6. The molecule has 5 heteroatoms. The monoisotopic (exact) mass is 351 g/mol. The second-order valence-electron chi connectivity index (χ2n) is 8.80. The van der Waals surface area contributed by atoms with Gasteiger partial charge >= 0.3 is 0 Å². The SMILES string of the molecule is CC1CN(CC2CCCN2C(=O)CC2(CN)CCCCC2)CC(C)O1. The zero-order valence-electron chi connectivity index (χ0n) is 16.2. The number of carbonyl (C=O) groups excluding carboxylic acids is 1. The topological polar surface area (TPSA) is 58.8 Å². The van der Waals surface area contributed by atoms with E-state index in [9.17, 15) is 4.79 Å². The maximum absolute atomic E-state index is 13.1. The number of carbonyl (C=O) groups is 1. The summed E-state index contributed by atoms with van der Waals surface area (Å²) in [6.07, 6.45) is 9.55. The van der Waals surface area contributed by atoms with Gasteiger partial charge in [0.1, 0.15) is 0 Å². The molecule has 0 aromatic rings. The molecule has 3 aliphatic rings. The lowest BCUT2D eigenvalue weighted by atomic mass is 9.71. The van der Waals surface area contributed by atoms with E-state index in [0.29, 0.717) is 24.9 Å². The van der Waals surface area contributed by atoms with Crippen LogP contribution in [0, 0.1) is 5.41 Å². The van der Waals surface area contributed by atoms with Gasteiger partial charge in [-0.3, -0.25) is 9.69 Å². The molecular weight excluding hydrogens is 314 g/mol. The lowest BCUT2D eigenvalue weighted by Gasteiger charge is -2.40. The fourth-order valence-corrected chi connectivity index (χ4v) is 5.26. The molecule has 0 aromatic carbocycles. The van der Waals surface area contributed by atoms with Crippen LogP contribution in [0.1, 0.15) is 65.2 Å². The molecular formula is C20H37N3O2. The first-order chi connectivity index (χ1) is 12.0. The number of ether oxygens (including phenoxy) is 1. The minimum absolute atomic E-state index is 0.0739. The number of likely N-dealkylation sites (tertiary alicyclic amines) is 1. The summed E-state index contributed by atoms with van der Waals surface area (Å²) in [6.45, 7) is 8.85. The molecule has 3 atom stereocenters. The Hall–Kier alpha value is -0.650. The van der Waals surface area contributed by atoms with Gasteiger partial charge in [0, 0.05) is 38.6 Å². The van der Waals surface area contributed by atoms with Gasteiger partial charge in [0.2, 0.25) is 5.91 Å². The quantitative estimate of drug-likeness (QED) is 0.826. The van der Waals surface area contributed by atoms with Gasteiger partial charge in [-0.05, 0) is 51.5 Å². The number of nitrogens with two attached hydrogens (primary N) is 1. The van der Waals surface area contributed by atoms with Gasteiger partial charge in [-0.25, -0.2) is 0 Å². The highest BCUT2D eigenvalue weighted by atomic mass is 16.5. The summed E-state index contributed by atoms with van der Waals surface area (Å²) < 4.78 is 5.85. The molecule has 2 heterocycles. The average molecular weight is 352 g/mol. The first-order valence-corrected chi connectivity index (χ1v) is 10.4. The Morgan fingerprint density at radius 3 is 2.44 bits per heavy atom. The average Bonchev–Trinajstić information content (AvgIpc) is 3.03. The van der Waals surface area contributed by atoms with Crippen molar-refractivity contribution in [1.29, 1.82) is 0 Å². The molecule has 25 heavy (non-hydrogen) atoms. The molecule has 2 saturated heterocycles. The summed E-state index contributed by atoms with van der Waals surface area (Å²) in [5.74, 6) is 0.351. The Labute approximate surface area is 153 Å². The molecule has 0 bridgehead atoms. The van der Waals surface area contributed by atoms with Crippen LogP contribution in [0.25, 0.3) is 0 Å². The zero-order valence-corrected chi connectivity index (χ0v) is 16.2. The number of nitrogens with zero attached hydrogens (tertiary/aromatic N) is 2. The van der Waals surface area contributed by atoms with Crippen LogP contribution < -0.4 is 5.73 Å². The van der Waals surface area contributed by atoms with E-state index in [0.717, 1.165) is 51.9 Å². The van der Waals surface area contributed by atoms with Crippen molar-refractivity contribution in [2.45, 2.75) is 83.5 Å². The molecule has 0 aromatic heterocycles. The summed E-state index contributed by atoms with van der Waals surface area (Å²) in [6, 6.07) is 0.378. The van der Waals surface area contributed by atoms with E-state index in [1.807, 2.05) is 0 Å². The highest BCUT2D eigenvalue weighted by molar-refractivity contribution is 5.77. The van der Waals surface area contributed by atoms with Crippen LogP contribution in [-0.2, 0) is 9.53 Å². The van der Waals surface area contributed by atoms with E-state index >= 15 is 0 Å². The smallest absolute Gasteiger partial charge is 0.223 e. The second kappa shape index (κ2) is 8.36. The lowest BCUT2D eigenvalue weighted by Crippen LogP contribution is -2.51. The number of hydrogen-bond donors (Lipinski definition) is 1. The van der Waals surface area contributed by atoms with Crippen molar-refractivity contribution in [3.8, 4) is 0 Å². The molecule has 2 N–H and O–H groups in total. The molecule has 5 nitrogen and oxygen atoms in total. The first kappa shape index (κ1) is 19.1. The van der Waals surface area contributed by atoms with Gasteiger partial charge < -0.3 is 15.4 Å². The van der Waals surface area contributed by atoms with Crippen molar-refractivity contribution in [2.75, 3.05) is 32.7 Å². The van der Waals surface area contributed by atoms with Gasteiger partial charge in [0.15, 0.2) is 0 Å². The van der Waals surface area contributed by atoms with E-state index in [2.05, 4.69) is 23.6 Å². The van der Waals surface area contributed by atoms with Gasteiger partial charge in [0.05, 0.1) is 12.2 Å². The molecule has 1 amide bonds. The lowest BCUT2D eigenvalue weighted by molar-refractivity contribution is -0.136. The van der Waals surface area contributed by atoms with E-state index in [-0.39, 0.29) is 17.6 Å². The number of amides is 1. The van der Waals surface area contributed by atoms with Crippen molar-refractivity contribution in [3.63, 3.8) is 0 Å². The van der Waals surface area contributed by atoms with Crippen LogP contribution in [0.3, 0.4) is 0 Å². The fourth-order valence-electron chi connectivity index (χ4n) is 5.26. The fraction of sp³-hybridized carbons (Fsp3) is 0.950. The van der Waals surface area contributed by atoms with Crippen molar-refractivity contribution in [2.24, 2.45) is 11.1 Å².